The number of likely N-dealkylation sites (tertiary alicyclic amines) is 1. The molecule has 2 atom stereocenters. The van der Waals surface area contributed by atoms with Crippen molar-refractivity contribution in [3.8, 4) is 0 Å². The number of carbonyl (C=O) groups is 1. The van der Waals surface area contributed by atoms with Gasteiger partial charge >= 0.3 is 0 Å². The van der Waals surface area contributed by atoms with Crippen LogP contribution in [0.25, 0.3) is 0 Å². The van der Waals surface area contributed by atoms with E-state index in [1.165, 1.54) is 25.7 Å². The number of rotatable bonds is 3. The molecule has 1 aromatic carbocycles. The Morgan fingerprint density at radius 1 is 1.17 bits per heavy atom. The standard InChI is InChI=1S/C18H26N4O.HI/c1-19-18(22-12-14-7-5-6-8-15(14)13-22)20-11-17(23)21-16-9-3-2-4-10-16;/h2-4,9-10,14-15H,5-8,11-13H2,1H3,(H,19,20)(H,21,23);1H. The lowest BCUT2D eigenvalue weighted by atomic mass is 9.82. The van der Waals surface area contributed by atoms with Crippen molar-refractivity contribution < 1.29 is 4.79 Å². The molecular formula is C18H27IN4O. The second-order valence-corrected chi connectivity index (χ2v) is 6.52. The number of halogens is 1. The summed E-state index contributed by atoms with van der Waals surface area (Å²) in [6, 6.07) is 9.53. The number of aliphatic imine (C=N–C) groups is 1. The molecule has 1 heterocycles. The zero-order chi connectivity index (χ0) is 16.1. The summed E-state index contributed by atoms with van der Waals surface area (Å²) in [6.45, 7) is 2.39. The van der Waals surface area contributed by atoms with E-state index in [0.29, 0.717) is 0 Å². The molecule has 1 amide bonds. The minimum absolute atomic E-state index is 0. The van der Waals surface area contributed by atoms with Gasteiger partial charge in [-0.2, -0.15) is 0 Å². The van der Waals surface area contributed by atoms with Crippen LogP contribution in [0.4, 0.5) is 5.69 Å². The summed E-state index contributed by atoms with van der Waals surface area (Å²) in [5.41, 5.74) is 0.821. The fourth-order valence-electron chi connectivity index (χ4n) is 3.80. The molecule has 1 saturated carbocycles. The van der Waals surface area contributed by atoms with Gasteiger partial charge in [0.25, 0.3) is 0 Å². The summed E-state index contributed by atoms with van der Waals surface area (Å²) in [7, 11) is 1.79. The average Bonchev–Trinajstić information content (AvgIpc) is 3.00. The first-order chi connectivity index (χ1) is 11.3. The van der Waals surface area contributed by atoms with E-state index < -0.39 is 0 Å². The van der Waals surface area contributed by atoms with Crippen molar-refractivity contribution in [3.63, 3.8) is 0 Å². The van der Waals surface area contributed by atoms with E-state index in [9.17, 15) is 4.79 Å². The second kappa shape index (κ2) is 9.25. The van der Waals surface area contributed by atoms with Crippen LogP contribution in [0.15, 0.2) is 35.3 Å². The molecule has 2 N–H and O–H groups in total. The average molecular weight is 442 g/mol. The number of nitrogens with one attached hydrogen (secondary N) is 2. The van der Waals surface area contributed by atoms with E-state index in [1.807, 2.05) is 30.3 Å². The predicted molar refractivity (Wildman–Crippen MR) is 109 cm³/mol. The Morgan fingerprint density at radius 2 is 1.79 bits per heavy atom. The highest BCUT2D eigenvalue weighted by Gasteiger charge is 2.35. The lowest BCUT2D eigenvalue weighted by molar-refractivity contribution is -0.115. The number of guanidine groups is 1. The molecule has 132 valence electrons. The van der Waals surface area contributed by atoms with Crippen LogP contribution in [0, 0.1) is 11.8 Å². The highest BCUT2D eigenvalue weighted by molar-refractivity contribution is 14.0. The molecule has 1 saturated heterocycles. The fraction of sp³-hybridized carbons (Fsp3) is 0.556. The normalized spacial score (nSPS) is 23.2. The number of fused-ring (bicyclic) bond motifs is 1. The third-order valence-electron chi connectivity index (χ3n) is 4.95. The van der Waals surface area contributed by atoms with Gasteiger partial charge in [0.15, 0.2) is 5.96 Å². The molecule has 2 fully saturated rings. The number of hydrogen-bond acceptors (Lipinski definition) is 2. The maximum Gasteiger partial charge on any atom is 0.243 e. The summed E-state index contributed by atoms with van der Waals surface area (Å²) in [5, 5.41) is 6.09. The van der Waals surface area contributed by atoms with Crippen molar-refractivity contribution in [3.05, 3.63) is 30.3 Å². The van der Waals surface area contributed by atoms with Gasteiger partial charge in [-0.1, -0.05) is 31.0 Å². The minimum atomic E-state index is -0.0473. The largest absolute Gasteiger partial charge is 0.347 e. The van der Waals surface area contributed by atoms with E-state index in [2.05, 4.69) is 20.5 Å². The van der Waals surface area contributed by atoms with Gasteiger partial charge in [0.2, 0.25) is 5.91 Å². The van der Waals surface area contributed by atoms with Crippen LogP contribution >= 0.6 is 24.0 Å². The minimum Gasteiger partial charge on any atom is -0.347 e. The zero-order valence-corrected chi connectivity index (χ0v) is 16.5. The summed E-state index contributed by atoms with van der Waals surface area (Å²) < 4.78 is 0. The summed E-state index contributed by atoms with van der Waals surface area (Å²) in [4.78, 5) is 18.7. The molecule has 1 aromatic rings. The number of anilines is 1. The van der Waals surface area contributed by atoms with Crippen LogP contribution < -0.4 is 10.6 Å². The van der Waals surface area contributed by atoms with Crippen LogP contribution in [-0.2, 0) is 4.79 Å². The smallest absolute Gasteiger partial charge is 0.243 e. The lowest BCUT2D eigenvalue weighted by Gasteiger charge is -2.22. The first-order valence-electron chi connectivity index (χ1n) is 8.57. The van der Waals surface area contributed by atoms with Gasteiger partial charge in [0.05, 0.1) is 6.54 Å². The Bertz CT molecular complexity index is 549. The van der Waals surface area contributed by atoms with Crippen molar-refractivity contribution in [1.29, 1.82) is 0 Å². The van der Waals surface area contributed by atoms with E-state index in [0.717, 1.165) is 36.6 Å². The van der Waals surface area contributed by atoms with E-state index in [-0.39, 0.29) is 36.4 Å². The van der Waals surface area contributed by atoms with Gasteiger partial charge in [0, 0.05) is 25.8 Å². The Kier molecular flexibility index (Phi) is 7.33. The molecule has 1 aliphatic carbocycles. The molecule has 1 aliphatic heterocycles. The monoisotopic (exact) mass is 442 g/mol. The zero-order valence-electron chi connectivity index (χ0n) is 14.2. The van der Waals surface area contributed by atoms with Crippen molar-refractivity contribution in [2.75, 3.05) is 32.0 Å². The fourth-order valence-corrected chi connectivity index (χ4v) is 3.80. The highest BCUT2D eigenvalue weighted by atomic mass is 127. The maximum absolute atomic E-state index is 12.1. The van der Waals surface area contributed by atoms with Crippen LogP contribution in [0.5, 0.6) is 0 Å². The number of nitrogens with zero attached hydrogens (tertiary/aromatic N) is 2. The summed E-state index contributed by atoms with van der Waals surface area (Å²) in [6.07, 6.45) is 5.40. The number of benzene rings is 1. The van der Waals surface area contributed by atoms with Crippen LogP contribution in [0.3, 0.4) is 0 Å². The quantitative estimate of drug-likeness (QED) is 0.430. The molecule has 0 radical (unpaired) electrons. The van der Waals surface area contributed by atoms with E-state index >= 15 is 0 Å². The Morgan fingerprint density at radius 3 is 2.38 bits per heavy atom. The van der Waals surface area contributed by atoms with Crippen molar-refractivity contribution in [1.82, 2.24) is 10.2 Å². The van der Waals surface area contributed by atoms with Gasteiger partial charge in [-0.25, -0.2) is 0 Å². The van der Waals surface area contributed by atoms with Gasteiger partial charge in [0.1, 0.15) is 0 Å². The topological polar surface area (TPSA) is 56.7 Å². The highest BCUT2D eigenvalue weighted by Crippen LogP contribution is 2.35. The number of carbonyl (C=O) groups excluding carboxylic acids is 1. The first-order valence-corrected chi connectivity index (χ1v) is 8.57. The van der Waals surface area contributed by atoms with E-state index in [1.54, 1.807) is 7.05 Å². The summed E-state index contributed by atoms with van der Waals surface area (Å²) in [5.74, 6) is 2.41. The SMILES string of the molecule is CN=C(NCC(=O)Nc1ccccc1)N1CC2CCCCC2C1.I. The molecule has 0 bridgehead atoms. The molecule has 6 heteroatoms. The predicted octanol–water partition coefficient (Wildman–Crippen LogP) is 2.94. The molecule has 3 rings (SSSR count). The first kappa shape index (κ1) is 19.0. The van der Waals surface area contributed by atoms with Gasteiger partial charge in [-0.3, -0.25) is 9.79 Å². The molecule has 0 spiro atoms. The van der Waals surface area contributed by atoms with Crippen LogP contribution in [0.1, 0.15) is 25.7 Å². The van der Waals surface area contributed by atoms with Crippen molar-refractivity contribution in [2.24, 2.45) is 16.8 Å². The molecule has 24 heavy (non-hydrogen) atoms. The number of hydrogen-bond donors (Lipinski definition) is 2. The van der Waals surface area contributed by atoms with E-state index in [4.69, 9.17) is 0 Å². The summed E-state index contributed by atoms with van der Waals surface area (Å²) >= 11 is 0. The molecule has 5 nitrogen and oxygen atoms in total. The molecular weight excluding hydrogens is 415 g/mol. The Hall–Kier alpha value is -1.31. The van der Waals surface area contributed by atoms with Gasteiger partial charge < -0.3 is 15.5 Å². The molecule has 0 aromatic heterocycles. The molecule has 2 aliphatic rings. The third kappa shape index (κ3) is 4.84. The number of para-hydroxylation sites is 1. The van der Waals surface area contributed by atoms with Gasteiger partial charge in [-0.15, -0.1) is 24.0 Å². The van der Waals surface area contributed by atoms with Crippen molar-refractivity contribution in [2.45, 2.75) is 25.7 Å². The third-order valence-corrected chi connectivity index (χ3v) is 4.95. The second-order valence-electron chi connectivity index (χ2n) is 6.52. The lowest BCUT2D eigenvalue weighted by Crippen LogP contribution is -2.43. The Balaban J connectivity index is 0.00000208. The number of amides is 1. The molecule has 2 unspecified atom stereocenters. The van der Waals surface area contributed by atoms with Crippen LogP contribution in [0.2, 0.25) is 0 Å². The van der Waals surface area contributed by atoms with Crippen LogP contribution in [-0.4, -0.2) is 43.4 Å². The Labute approximate surface area is 161 Å². The maximum atomic E-state index is 12.1. The van der Waals surface area contributed by atoms with Crippen molar-refractivity contribution >= 4 is 41.5 Å². The van der Waals surface area contributed by atoms with Gasteiger partial charge in [-0.05, 0) is 36.8 Å².